The summed E-state index contributed by atoms with van der Waals surface area (Å²) in [6.07, 6.45) is 18.8. The summed E-state index contributed by atoms with van der Waals surface area (Å²) in [5.74, 6) is 4.35. The lowest BCUT2D eigenvalue weighted by Gasteiger charge is -2.59. The van der Waals surface area contributed by atoms with Gasteiger partial charge in [0.1, 0.15) is 5.78 Å². The molecule has 0 saturated heterocycles. The fourth-order valence-corrected chi connectivity index (χ4v) is 10.2. The highest BCUT2D eigenvalue weighted by atomic mass is 16.3. The number of rotatable bonds is 5. The number of aliphatic hydroxyl groups is 1. The molecule has 0 bridgehead atoms. The van der Waals surface area contributed by atoms with E-state index >= 15 is 0 Å². The van der Waals surface area contributed by atoms with Crippen molar-refractivity contribution in [3.8, 4) is 0 Å². The van der Waals surface area contributed by atoms with Crippen LogP contribution in [0.1, 0.15) is 131 Å². The summed E-state index contributed by atoms with van der Waals surface area (Å²) in [6, 6.07) is 0. The SMILES string of the molecule is CC[C@]1(O)CC[C@@]2(C)C(=CC[C@H]3[C@@H]4CC[C@H]([C@H](C)C(=O)CC5CCC(C)(C)CC5)[C@@]4(C)CC[C@@H]32)C1. The number of ketones is 1. The minimum atomic E-state index is -0.469. The van der Waals surface area contributed by atoms with Crippen molar-refractivity contribution in [1.82, 2.24) is 0 Å². The van der Waals surface area contributed by atoms with Gasteiger partial charge in [0.15, 0.2) is 0 Å². The summed E-state index contributed by atoms with van der Waals surface area (Å²) in [4.78, 5) is 13.6. The minimum absolute atomic E-state index is 0.232. The van der Waals surface area contributed by atoms with Gasteiger partial charge in [-0.15, -0.1) is 0 Å². The molecule has 35 heavy (non-hydrogen) atoms. The van der Waals surface area contributed by atoms with Crippen molar-refractivity contribution in [2.45, 2.75) is 137 Å². The van der Waals surface area contributed by atoms with E-state index in [0.29, 0.717) is 33.9 Å². The molecule has 5 aliphatic carbocycles. The largest absolute Gasteiger partial charge is 0.390 e. The van der Waals surface area contributed by atoms with Crippen molar-refractivity contribution in [2.75, 3.05) is 0 Å². The topological polar surface area (TPSA) is 37.3 Å². The van der Waals surface area contributed by atoms with Gasteiger partial charge in [0.2, 0.25) is 0 Å². The Labute approximate surface area is 216 Å². The molecule has 8 atom stereocenters. The number of allylic oxidation sites excluding steroid dienone is 1. The second-order valence-electron chi connectivity index (χ2n) is 15.3. The number of hydrogen-bond acceptors (Lipinski definition) is 2. The van der Waals surface area contributed by atoms with Crippen LogP contribution in [0, 0.1) is 51.8 Å². The molecule has 2 nitrogen and oxygen atoms in total. The van der Waals surface area contributed by atoms with E-state index in [4.69, 9.17) is 0 Å². The summed E-state index contributed by atoms with van der Waals surface area (Å²) in [5.41, 5.74) is 2.22. The van der Waals surface area contributed by atoms with E-state index in [2.05, 4.69) is 47.6 Å². The standard InChI is InChI=1S/C33H54O2/c1-7-33(35)19-18-31(5)24(21-33)8-9-25-27-11-10-26(32(27,6)17-14-28(25)31)22(2)29(34)20-23-12-15-30(3,4)16-13-23/h8,22-23,25-28,35H,7,9-21H2,1-6H3/t22-,25-,26+,27-,28-,31-,32+,33-/m0/s1. The van der Waals surface area contributed by atoms with Gasteiger partial charge >= 0.3 is 0 Å². The van der Waals surface area contributed by atoms with Crippen LogP contribution < -0.4 is 0 Å². The summed E-state index contributed by atoms with van der Waals surface area (Å²) in [6.45, 7) is 14.4. The molecule has 0 amide bonds. The van der Waals surface area contributed by atoms with Crippen molar-refractivity contribution >= 4 is 5.78 Å². The molecule has 0 aromatic carbocycles. The summed E-state index contributed by atoms with van der Waals surface area (Å²) >= 11 is 0. The molecule has 198 valence electrons. The second kappa shape index (κ2) is 8.99. The van der Waals surface area contributed by atoms with Gasteiger partial charge in [-0.05, 0) is 129 Å². The third kappa shape index (κ3) is 4.40. The van der Waals surface area contributed by atoms with Gasteiger partial charge in [-0.3, -0.25) is 4.79 Å². The Morgan fingerprint density at radius 2 is 1.69 bits per heavy atom. The maximum absolute atomic E-state index is 13.6. The van der Waals surface area contributed by atoms with Gasteiger partial charge in [0.25, 0.3) is 0 Å². The highest BCUT2D eigenvalue weighted by Gasteiger charge is 2.60. The van der Waals surface area contributed by atoms with Gasteiger partial charge in [0.05, 0.1) is 5.60 Å². The zero-order valence-corrected chi connectivity index (χ0v) is 23.8. The molecule has 0 aliphatic heterocycles. The first-order valence-electron chi connectivity index (χ1n) is 15.4. The van der Waals surface area contributed by atoms with Gasteiger partial charge in [0, 0.05) is 12.3 Å². The Hall–Kier alpha value is -0.630. The van der Waals surface area contributed by atoms with Crippen molar-refractivity contribution < 1.29 is 9.90 Å². The van der Waals surface area contributed by atoms with E-state index in [1.54, 1.807) is 5.57 Å². The van der Waals surface area contributed by atoms with Crippen LogP contribution in [-0.2, 0) is 4.79 Å². The Morgan fingerprint density at radius 3 is 2.37 bits per heavy atom. The first-order chi connectivity index (χ1) is 16.4. The van der Waals surface area contributed by atoms with Gasteiger partial charge < -0.3 is 5.11 Å². The number of carbonyl (C=O) groups is 1. The first kappa shape index (κ1) is 26.0. The van der Waals surface area contributed by atoms with Crippen LogP contribution in [0.3, 0.4) is 0 Å². The number of fused-ring (bicyclic) bond motifs is 5. The zero-order valence-electron chi connectivity index (χ0n) is 23.8. The van der Waals surface area contributed by atoms with Crippen LogP contribution in [0.25, 0.3) is 0 Å². The highest BCUT2D eigenvalue weighted by Crippen LogP contribution is 2.67. The van der Waals surface area contributed by atoms with Crippen molar-refractivity contribution in [1.29, 1.82) is 0 Å². The van der Waals surface area contributed by atoms with Gasteiger partial charge in [-0.2, -0.15) is 0 Å². The molecule has 0 aromatic rings. The third-order valence-electron chi connectivity index (χ3n) is 13.0. The molecule has 5 aliphatic rings. The molecule has 0 unspecified atom stereocenters. The monoisotopic (exact) mass is 482 g/mol. The lowest BCUT2D eigenvalue weighted by atomic mass is 9.46. The van der Waals surface area contributed by atoms with Crippen LogP contribution >= 0.6 is 0 Å². The Morgan fingerprint density at radius 1 is 0.971 bits per heavy atom. The summed E-state index contributed by atoms with van der Waals surface area (Å²) in [5, 5.41) is 11.0. The number of hydrogen-bond donors (Lipinski definition) is 1. The molecule has 4 saturated carbocycles. The average Bonchev–Trinajstić information content (AvgIpc) is 3.17. The zero-order chi connectivity index (χ0) is 25.2. The minimum Gasteiger partial charge on any atom is -0.390 e. The van der Waals surface area contributed by atoms with Crippen LogP contribution in [0.2, 0.25) is 0 Å². The smallest absolute Gasteiger partial charge is 0.136 e. The van der Waals surface area contributed by atoms with Crippen LogP contribution in [0.5, 0.6) is 0 Å². The van der Waals surface area contributed by atoms with Gasteiger partial charge in [-0.25, -0.2) is 0 Å². The van der Waals surface area contributed by atoms with E-state index in [0.717, 1.165) is 49.9 Å². The molecule has 1 N–H and O–H groups in total. The molecule has 0 aromatic heterocycles. The third-order valence-corrected chi connectivity index (χ3v) is 13.0. The molecule has 5 rings (SSSR count). The Balaban J connectivity index is 1.28. The van der Waals surface area contributed by atoms with Crippen molar-refractivity contribution in [3.63, 3.8) is 0 Å². The lowest BCUT2D eigenvalue weighted by molar-refractivity contribution is -0.128. The van der Waals surface area contributed by atoms with E-state index in [1.165, 1.54) is 57.8 Å². The van der Waals surface area contributed by atoms with Gasteiger partial charge in [-0.1, -0.05) is 53.2 Å². The highest BCUT2D eigenvalue weighted by molar-refractivity contribution is 5.81. The second-order valence-corrected chi connectivity index (χ2v) is 15.3. The summed E-state index contributed by atoms with van der Waals surface area (Å²) < 4.78 is 0. The predicted molar refractivity (Wildman–Crippen MR) is 145 cm³/mol. The summed E-state index contributed by atoms with van der Waals surface area (Å²) in [7, 11) is 0. The average molecular weight is 483 g/mol. The molecule has 2 heteroatoms. The quantitative estimate of drug-likeness (QED) is 0.399. The van der Waals surface area contributed by atoms with E-state index < -0.39 is 5.60 Å². The Bertz CT molecular complexity index is 845. The molecule has 4 fully saturated rings. The Kier molecular flexibility index (Phi) is 6.68. The molecule has 0 heterocycles. The fraction of sp³-hybridized carbons (Fsp3) is 0.909. The normalized spacial score (nSPS) is 46.2. The molecule has 0 radical (unpaired) electrons. The van der Waals surface area contributed by atoms with Crippen LogP contribution in [0.4, 0.5) is 0 Å². The van der Waals surface area contributed by atoms with Crippen molar-refractivity contribution in [2.24, 2.45) is 51.8 Å². The van der Waals surface area contributed by atoms with Crippen LogP contribution in [0.15, 0.2) is 11.6 Å². The van der Waals surface area contributed by atoms with E-state index in [9.17, 15) is 9.90 Å². The molecule has 0 spiro atoms. The fourth-order valence-electron chi connectivity index (χ4n) is 10.2. The van der Waals surface area contributed by atoms with E-state index in [1.807, 2.05) is 0 Å². The lowest BCUT2D eigenvalue weighted by Crippen LogP contribution is -2.52. The van der Waals surface area contributed by atoms with Crippen LogP contribution in [-0.4, -0.2) is 16.5 Å². The maximum Gasteiger partial charge on any atom is 0.136 e. The molecular weight excluding hydrogens is 428 g/mol. The number of carbonyl (C=O) groups excluding carboxylic acids is 1. The first-order valence-corrected chi connectivity index (χ1v) is 15.4. The number of Topliss-reactive ketones (excluding diaryl/α,β-unsaturated/α-hetero) is 1. The molecular formula is C33H54O2. The van der Waals surface area contributed by atoms with Crippen molar-refractivity contribution in [3.05, 3.63) is 11.6 Å². The maximum atomic E-state index is 13.6. The predicted octanol–water partition coefficient (Wildman–Crippen LogP) is 8.52. The van der Waals surface area contributed by atoms with E-state index in [-0.39, 0.29) is 5.92 Å².